The molecule has 0 saturated carbocycles. The maximum absolute atomic E-state index is 11.7. The van der Waals surface area contributed by atoms with E-state index < -0.39 is 0 Å². The molecule has 2 aromatic carbocycles. The number of guanidine groups is 1. The molecule has 1 heterocycles. The van der Waals surface area contributed by atoms with Crippen LogP contribution in [-0.4, -0.2) is 31.1 Å². The number of nitrogens with zero attached hydrogens (tertiary/aromatic N) is 1. The van der Waals surface area contributed by atoms with Crippen LogP contribution < -0.4 is 20.7 Å². The summed E-state index contributed by atoms with van der Waals surface area (Å²) in [6, 6.07) is 16.0. The van der Waals surface area contributed by atoms with Gasteiger partial charge in [-0.2, -0.15) is 0 Å². The normalized spacial score (nSPS) is 15.4. The Bertz CT molecular complexity index is 808. The Labute approximate surface area is 172 Å². The smallest absolute Gasteiger partial charge is 0.224 e. The quantitative estimate of drug-likeness (QED) is 0.473. The van der Waals surface area contributed by atoms with E-state index in [1.165, 1.54) is 5.56 Å². The Morgan fingerprint density at radius 2 is 1.90 bits per heavy atom. The van der Waals surface area contributed by atoms with Gasteiger partial charge < -0.3 is 20.7 Å². The second kappa shape index (κ2) is 10.5. The lowest BCUT2D eigenvalue weighted by molar-refractivity contribution is -0.116. The lowest BCUT2D eigenvalue weighted by Crippen LogP contribution is -2.42. The summed E-state index contributed by atoms with van der Waals surface area (Å²) in [5, 5.41) is 9.55. The van der Waals surface area contributed by atoms with Crippen LogP contribution in [-0.2, 0) is 17.8 Å². The summed E-state index contributed by atoms with van der Waals surface area (Å²) < 4.78 is 5.98. The van der Waals surface area contributed by atoms with Crippen molar-refractivity contribution in [1.82, 2.24) is 10.6 Å². The Morgan fingerprint density at radius 1 is 1.10 bits per heavy atom. The molecule has 3 N–H and O–H groups in total. The Balaban J connectivity index is 1.51. The zero-order valence-electron chi connectivity index (χ0n) is 17.2. The SMILES string of the molecule is CCCC(=O)Nc1ccc(CN=C(NCC)NCC2Cc3ccccc3O2)cc1. The van der Waals surface area contributed by atoms with Gasteiger partial charge in [-0.3, -0.25) is 4.79 Å². The molecule has 1 atom stereocenters. The molecule has 2 aromatic rings. The summed E-state index contributed by atoms with van der Waals surface area (Å²) in [6.07, 6.45) is 2.41. The first-order valence-electron chi connectivity index (χ1n) is 10.3. The van der Waals surface area contributed by atoms with Crippen molar-refractivity contribution < 1.29 is 9.53 Å². The highest BCUT2D eigenvalue weighted by molar-refractivity contribution is 5.90. The number of aliphatic imine (C=N–C) groups is 1. The molecule has 154 valence electrons. The molecule has 0 aromatic heterocycles. The topological polar surface area (TPSA) is 74.8 Å². The second-order valence-electron chi connectivity index (χ2n) is 7.12. The van der Waals surface area contributed by atoms with Crippen molar-refractivity contribution in [2.75, 3.05) is 18.4 Å². The van der Waals surface area contributed by atoms with Gasteiger partial charge in [0.2, 0.25) is 5.91 Å². The molecule has 6 heteroatoms. The first-order chi connectivity index (χ1) is 14.2. The lowest BCUT2D eigenvalue weighted by Gasteiger charge is -2.15. The van der Waals surface area contributed by atoms with Gasteiger partial charge >= 0.3 is 0 Å². The summed E-state index contributed by atoms with van der Waals surface area (Å²) in [5.41, 5.74) is 3.16. The Morgan fingerprint density at radius 3 is 2.62 bits per heavy atom. The van der Waals surface area contributed by atoms with Gasteiger partial charge in [0.15, 0.2) is 5.96 Å². The van der Waals surface area contributed by atoms with Crippen LogP contribution in [0.25, 0.3) is 0 Å². The second-order valence-corrected chi connectivity index (χ2v) is 7.12. The van der Waals surface area contributed by atoms with Crippen molar-refractivity contribution in [1.29, 1.82) is 0 Å². The number of fused-ring (bicyclic) bond motifs is 1. The third kappa shape index (κ3) is 6.24. The van der Waals surface area contributed by atoms with Gasteiger partial charge in [-0.05, 0) is 42.7 Å². The van der Waals surface area contributed by atoms with Crippen molar-refractivity contribution in [3.8, 4) is 5.75 Å². The van der Waals surface area contributed by atoms with Gasteiger partial charge in [0.25, 0.3) is 0 Å². The van der Waals surface area contributed by atoms with Crippen LogP contribution in [0.15, 0.2) is 53.5 Å². The van der Waals surface area contributed by atoms with Crippen LogP contribution in [0.4, 0.5) is 5.69 Å². The molecule has 1 amide bonds. The van der Waals surface area contributed by atoms with Crippen LogP contribution >= 0.6 is 0 Å². The van der Waals surface area contributed by atoms with Gasteiger partial charge in [-0.25, -0.2) is 4.99 Å². The van der Waals surface area contributed by atoms with Crippen molar-refractivity contribution in [2.24, 2.45) is 4.99 Å². The molecule has 1 aliphatic rings. The first-order valence-corrected chi connectivity index (χ1v) is 10.3. The molecule has 0 spiro atoms. The lowest BCUT2D eigenvalue weighted by atomic mass is 10.1. The van der Waals surface area contributed by atoms with E-state index in [0.717, 1.165) is 42.3 Å². The molecule has 0 fully saturated rings. The monoisotopic (exact) mass is 394 g/mol. The van der Waals surface area contributed by atoms with Crippen LogP contribution in [0.3, 0.4) is 0 Å². The Kier molecular flexibility index (Phi) is 7.50. The van der Waals surface area contributed by atoms with Crippen molar-refractivity contribution in [3.05, 3.63) is 59.7 Å². The molecular formula is C23H30N4O2. The summed E-state index contributed by atoms with van der Waals surface area (Å²) in [7, 11) is 0. The number of ether oxygens (including phenoxy) is 1. The summed E-state index contributed by atoms with van der Waals surface area (Å²) in [6.45, 7) is 6.09. The molecule has 29 heavy (non-hydrogen) atoms. The molecule has 1 aliphatic heterocycles. The van der Waals surface area contributed by atoms with E-state index in [-0.39, 0.29) is 12.0 Å². The van der Waals surface area contributed by atoms with Crippen molar-refractivity contribution >= 4 is 17.6 Å². The number of nitrogens with one attached hydrogen (secondary N) is 3. The molecule has 6 nitrogen and oxygen atoms in total. The van der Waals surface area contributed by atoms with Gasteiger partial charge in [0, 0.05) is 25.1 Å². The molecule has 0 bridgehead atoms. The molecular weight excluding hydrogens is 364 g/mol. The standard InChI is InChI=1S/C23H30N4O2/c1-3-7-22(28)27-19-12-10-17(11-13-19)15-25-23(24-4-2)26-16-20-14-18-8-5-6-9-21(18)29-20/h5-6,8-13,20H,3-4,7,14-16H2,1-2H3,(H,27,28)(H2,24,25,26). The van der Waals surface area contributed by atoms with E-state index >= 15 is 0 Å². The van der Waals surface area contributed by atoms with Gasteiger partial charge in [0.05, 0.1) is 13.1 Å². The van der Waals surface area contributed by atoms with E-state index in [1.54, 1.807) is 0 Å². The predicted octanol–water partition coefficient (Wildman–Crippen LogP) is 3.48. The molecule has 1 unspecified atom stereocenters. The zero-order chi connectivity index (χ0) is 20.5. The number of benzene rings is 2. The fraction of sp³-hybridized carbons (Fsp3) is 0.391. The third-order valence-electron chi connectivity index (χ3n) is 4.69. The zero-order valence-corrected chi connectivity index (χ0v) is 17.2. The fourth-order valence-corrected chi connectivity index (χ4v) is 3.23. The van der Waals surface area contributed by atoms with Crippen LogP contribution in [0, 0.1) is 0 Å². The maximum atomic E-state index is 11.7. The predicted molar refractivity (Wildman–Crippen MR) is 117 cm³/mol. The van der Waals surface area contributed by atoms with E-state index in [0.29, 0.717) is 19.5 Å². The minimum Gasteiger partial charge on any atom is -0.488 e. The number of para-hydroxylation sites is 1. The molecule has 0 aliphatic carbocycles. The van der Waals surface area contributed by atoms with Crippen molar-refractivity contribution in [2.45, 2.75) is 45.8 Å². The maximum Gasteiger partial charge on any atom is 0.224 e. The minimum absolute atomic E-state index is 0.0492. The van der Waals surface area contributed by atoms with E-state index in [4.69, 9.17) is 4.74 Å². The first kappa shape index (κ1) is 20.7. The van der Waals surface area contributed by atoms with Crippen LogP contribution in [0.2, 0.25) is 0 Å². The van der Waals surface area contributed by atoms with Gasteiger partial charge in [-0.1, -0.05) is 37.3 Å². The third-order valence-corrected chi connectivity index (χ3v) is 4.69. The van der Waals surface area contributed by atoms with Crippen LogP contribution in [0.5, 0.6) is 5.75 Å². The number of hydrogen-bond donors (Lipinski definition) is 3. The fourth-order valence-electron chi connectivity index (χ4n) is 3.23. The molecule has 3 rings (SSSR count). The summed E-state index contributed by atoms with van der Waals surface area (Å²) in [5.74, 6) is 1.80. The molecule has 0 radical (unpaired) electrons. The summed E-state index contributed by atoms with van der Waals surface area (Å²) in [4.78, 5) is 16.3. The number of carbonyl (C=O) groups is 1. The Hall–Kier alpha value is -3.02. The van der Waals surface area contributed by atoms with Gasteiger partial charge in [0.1, 0.15) is 11.9 Å². The highest BCUT2D eigenvalue weighted by Crippen LogP contribution is 2.27. The van der Waals surface area contributed by atoms with E-state index in [1.807, 2.05) is 56.3 Å². The summed E-state index contributed by atoms with van der Waals surface area (Å²) >= 11 is 0. The van der Waals surface area contributed by atoms with E-state index in [9.17, 15) is 4.79 Å². The number of hydrogen-bond acceptors (Lipinski definition) is 3. The van der Waals surface area contributed by atoms with Crippen LogP contribution in [0.1, 0.15) is 37.8 Å². The minimum atomic E-state index is 0.0492. The average molecular weight is 395 g/mol. The largest absolute Gasteiger partial charge is 0.488 e. The van der Waals surface area contributed by atoms with Crippen molar-refractivity contribution in [3.63, 3.8) is 0 Å². The number of anilines is 1. The highest BCUT2D eigenvalue weighted by Gasteiger charge is 2.22. The highest BCUT2D eigenvalue weighted by atomic mass is 16.5. The average Bonchev–Trinajstić information content (AvgIpc) is 3.14. The number of carbonyl (C=O) groups excluding carboxylic acids is 1. The molecule has 0 saturated heterocycles. The van der Waals surface area contributed by atoms with E-state index in [2.05, 4.69) is 27.0 Å². The number of rotatable bonds is 8. The number of amides is 1. The van der Waals surface area contributed by atoms with Gasteiger partial charge in [-0.15, -0.1) is 0 Å².